The average Bonchev–Trinajstić information content (AvgIpc) is 3.17. The molecule has 8 nitrogen and oxygen atoms in total. The maximum absolute atomic E-state index is 11.7. The Kier molecular flexibility index (Phi) is 6.10. The van der Waals surface area contributed by atoms with Crippen molar-refractivity contribution in [1.29, 1.82) is 0 Å². The second kappa shape index (κ2) is 9.09. The third-order valence-corrected chi connectivity index (χ3v) is 3.66. The molecule has 1 amide bonds. The fraction of sp³-hybridized carbons (Fsp3) is 0.150. The highest BCUT2D eigenvalue weighted by molar-refractivity contribution is 5.91. The SMILES string of the molecule is O=C(/C=C/c1ccc([N+](=O)[O-])cc1)NCC#CCOc1ccc2c(c1)OCO2. The molecule has 2 aromatic rings. The Morgan fingerprint density at radius 3 is 2.75 bits per heavy atom. The van der Waals surface area contributed by atoms with Crippen molar-refractivity contribution in [2.75, 3.05) is 19.9 Å². The fourth-order valence-corrected chi connectivity index (χ4v) is 2.27. The Balaban J connectivity index is 1.38. The summed E-state index contributed by atoms with van der Waals surface area (Å²) in [5, 5.41) is 13.2. The zero-order chi connectivity index (χ0) is 19.8. The van der Waals surface area contributed by atoms with Gasteiger partial charge in [-0.15, -0.1) is 0 Å². The Labute approximate surface area is 160 Å². The monoisotopic (exact) mass is 380 g/mol. The number of ether oxygens (including phenoxy) is 3. The molecule has 1 aliphatic rings. The number of fused-ring (bicyclic) bond motifs is 1. The lowest BCUT2D eigenvalue weighted by Crippen LogP contribution is -2.21. The van der Waals surface area contributed by atoms with E-state index in [4.69, 9.17) is 14.2 Å². The van der Waals surface area contributed by atoms with Gasteiger partial charge in [0, 0.05) is 24.3 Å². The first kappa shape index (κ1) is 18.8. The van der Waals surface area contributed by atoms with Crippen LogP contribution in [0.1, 0.15) is 5.56 Å². The highest BCUT2D eigenvalue weighted by Gasteiger charge is 2.13. The van der Waals surface area contributed by atoms with Crippen LogP contribution < -0.4 is 19.5 Å². The van der Waals surface area contributed by atoms with Crippen LogP contribution >= 0.6 is 0 Å². The van der Waals surface area contributed by atoms with Gasteiger partial charge in [-0.3, -0.25) is 14.9 Å². The summed E-state index contributed by atoms with van der Waals surface area (Å²) in [4.78, 5) is 21.8. The molecule has 0 atom stereocenters. The number of nitro benzene ring substituents is 1. The molecule has 1 aliphatic heterocycles. The fourth-order valence-electron chi connectivity index (χ4n) is 2.27. The van der Waals surface area contributed by atoms with Gasteiger partial charge in [0.15, 0.2) is 11.5 Å². The largest absolute Gasteiger partial charge is 0.481 e. The lowest BCUT2D eigenvalue weighted by Gasteiger charge is -2.02. The summed E-state index contributed by atoms with van der Waals surface area (Å²) >= 11 is 0. The third-order valence-electron chi connectivity index (χ3n) is 3.66. The molecule has 0 bridgehead atoms. The molecule has 2 aromatic carbocycles. The van der Waals surface area contributed by atoms with E-state index < -0.39 is 4.92 Å². The number of rotatable bonds is 6. The molecule has 1 N–H and O–H groups in total. The number of carbonyl (C=O) groups excluding carboxylic acids is 1. The standard InChI is InChI=1S/C20H16N2O6/c23-20(10-5-15-3-6-16(7-4-15)22(24)25)21-11-1-2-12-26-17-8-9-18-19(13-17)28-14-27-18/h3-10,13H,11-12,14H2,(H,21,23)/b10-5+. The van der Waals surface area contributed by atoms with Gasteiger partial charge < -0.3 is 19.5 Å². The summed E-state index contributed by atoms with van der Waals surface area (Å²) in [6.45, 7) is 0.555. The number of amides is 1. The maximum Gasteiger partial charge on any atom is 0.269 e. The highest BCUT2D eigenvalue weighted by Crippen LogP contribution is 2.34. The molecule has 1 heterocycles. The Bertz CT molecular complexity index is 957. The molecular formula is C20H16N2O6. The van der Waals surface area contributed by atoms with E-state index in [-0.39, 0.29) is 31.5 Å². The van der Waals surface area contributed by atoms with Crippen molar-refractivity contribution in [2.24, 2.45) is 0 Å². The van der Waals surface area contributed by atoms with Crippen LogP contribution in [0, 0.1) is 22.0 Å². The van der Waals surface area contributed by atoms with Gasteiger partial charge in [0.05, 0.1) is 11.5 Å². The van der Waals surface area contributed by atoms with Crippen LogP contribution in [0.2, 0.25) is 0 Å². The molecule has 8 heteroatoms. The van der Waals surface area contributed by atoms with Crippen molar-refractivity contribution in [1.82, 2.24) is 5.32 Å². The van der Waals surface area contributed by atoms with E-state index in [9.17, 15) is 14.9 Å². The molecule has 0 aromatic heterocycles. The predicted molar refractivity (Wildman–Crippen MR) is 101 cm³/mol. The first-order valence-electron chi connectivity index (χ1n) is 8.30. The van der Waals surface area contributed by atoms with Crippen LogP contribution in [0.25, 0.3) is 6.08 Å². The number of nitrogens with one attached hydrogen (secondary N) is 1. The minimum Gasteiger partial charge on any atom is -0.481 e. The molecule has 0 unspecified atom stereocenters. The molecule has 0 aliphatic carbocycles. The quantitative estimate of drug-likeness (QED) is 0.358. The zero-order valence-electron chi connectivity index (χ0n) is 14.7. The number of benzene rings is 2. The minimum atomic E-state index is -0.477. The van der Waals surface area contributed by atoms with Crippen molar-refractivity contribution in [3.8, 4) is 29.1 Å². The normalized spacial score (nSPS) is 11.6. The van der Waals surface area contributed by atoms with E-state index in [0.29, 0.717) is 22.8 Å². The second-order valence-corrected chi connectivity index (χ2v) is 5.56. The zero-order valence-corrected chi connectivity index (χ0v) is 14.7. The Morgan fingerprint density at radius 2 is 1.96 bits per heavy atom. The van der Waals surface area contributed by atoms with E-state index in [1.165, 1.54) is 18.2 Å². The van der Waals surface area contributed by atoms with Crippen LogP contribution in [0.5, 0.6) is 17.2 Å². The third kappa shape index (κ3) is 5.25. The van der Waals surface area contributed by atoms with Crippen molar-refractivity contribution in [3.63, 3.8) is 0 Å². The molecule has 3 rings (SSSR count). The van der Waals surface area contributed by atoms with E-state index in [1.54, 1.807) is 36.4 Å². The summed E-state index contributed by atoms with van der Waals surface area (Å²) in [5.74, 6) is 7.21. The Morgan fingerprint density at radius 1 is 1.18 bits per heavy atom. The van der Waals surface area contributed by atoms with Crippen molar-refractivity contribution < 1.29 is 23.9 Å². The van der Waals surface area contributed by atoms with Crippen LogP contribution in [0.4, 0.5) is 5.69 Å². The first-order valence-corrected chi connectivity index (χ1v) is 8.30. The molecule has 0 saturated carbocycles. The lowest BCUT2D eigenvalue weighted by molar-refractivity contribution is -0.384. The summed E-state index contributed by atoms with van der Waals surface area (Å²) in [6, 6.07) is 11.1. The number of nitrogens with zero attached hydrogens (tertiary/aromatic N) is 1. The summed E-state index contributed by atoms with van der Waals surface area (Å²) in [5.41, 5.74) is 0.684. The van der Waals surface area contributed by atoms with Gasteiger partial charge in [-0.05, 0) is 35.9 Å². The smallest absolute Gasteiger partial charge is 0.269 e. The summed E-state index contributed by atoms with van der Waals surface area (Å²) in [7, 11) is 0. The van der Waals surface area contributed by atoms with Gasteiger partial charge >= 0.3 is 0 Å². The maximum atomic E-state index is 11.7. The second-order valence-electron chi connectivity index (χ2n) is 5.56. The summed E-state index contributed by atoms with van der Waals surface area (Å²) < 4.78 is 16.0. The van der Waals surface area contributed by atoms with Crippen molar-refractivity contribution in [3.05, 3.63) is 64.2 Å². The van der Waals surface area contributed by atoms with Gasteiger partial charge in [0.1, 0.15) is 12.4 Å². The van der Waals surface area contributed by atoms with E-state index >= 15 is 0 Å². The number of nitro groups is 1. The summed E-state index contributed by atoms with van der Waals surface area (Å²) in [6.07, 6.45) is 2.90. The van der Waals surface area contributed by atoms with Crippen LogP contribution in [0.3, 0.4) is 0 Å². The van der Waals surface area contributed by atoms with E-state index in [2.05, 4.69) is 17.2 Å². The molecule has 0 saturated heterocycles. The van der Waals surface area contributed by atoms with Crippen molar-refractivity contribution in [2.45, 2.75) is 0 Å². The lowest BCUT2D eigenvalue weighted by atomic mass is 10.2. The van der Waals surface area contributed by atoms with E-state index in [1.807, 2.05) is 0 Å². The van der Waals surface area contributed by atoms with Crippen LogP contribution in [0.15, 0.2) is 48.5 Å². The van der Waals surface area contributed by atoms with Crippen LogP contribution in [-0.2, 0) is 4.79 Å². The molecule has 142 valence electrons. The molecular weight excluding hydrogens is 364 g/mol. The predicted octanol–water partition coefficient (Wildman–Crippen LogP) is 2.54. The van der Waals surface area contributed by atoms with Crippen molar-refractivity contribution >= 4 is 17.7 Å². The van der Waals surface area contributed by atoms with Gasteiger partial charge in [-0.1, -0.05) is 11.8 Å². The first-order chi connectivity index (χ1) is 13.6. The minimum absolute atomic E-state index is 0.000146. The van der Waals surface area contributed by atoms with Gasteiger partial charge in [-0.2, -0.15) is 0 Å². The average molecular weight is 380 g/mol. The number of hydrogen-bond acceptors (Lipinski definition) is 6. The van der Waals surface area contributed by atoms with Crippen LogP contribution in [-0.4, -0.2) is 30.8 Å². The number of non-ortho nitro benzene ring substituents is 1. The number of carbonyl (C=O) groups is 1. The Hall–Kier alpha value is -3.99. The molecule has 0 spiro atoms. The topological polar surface area (TPSA) is 99.9 Å². The molecule has 0 radical (unpaired) electrons. The van der Waals surface area contributed by atoms with Gasteiger partial charge in [0.2, 0.25) is 12.7 Å². The van der Waals surface area contributed by atoms with E-state index in [0.717, 1.165) is 0 Å². The molecule has 0 fully saturated rings. The highest BCUT2D eigenvalue weighted by atomic mass is 16.7. The van der Waals surface area contributed by atoms with Gasteiger partial charge in [-0.25, -0.2) is 0 Å². The molecule has 28 heavy (non-hydrogen) atoms. The number of hydrogen-bond donors (Lipinski definition) is 1. The van der Waals surface area contributed by atoms with Gasteiger partial charge in [0.25, 0.3) is 5.69 Å².